The molecule has 4 heteroatoms. The summed E-state index contributed by atoms with van der Waals surface area (Å²) in [5, 5.41) is 0. The van der Waals surface area contributed by atoms with Gasteiger partial charge in [0.05, 0.1) is 0 Å². The minimum atomic E-state index is -0.833. The first-order valence-corrected chi connectivity index (χ1v) is 3.56. The number of aryl methyl sites for hydroxylation is 1. The van der Waals surface area contributed by atoms with Crippen LogP contribution >= 0.6 is 8.69 Å². The number of benzene rings is 1. The van der Waals surface area contributed by atoms with Crippen LogP contribution in [0.2, 0.25) is 0 Å². The molecule has 3 N–H and O–H groups in total. The lowest BCUT2D eigenvalue weighted by Gasteiger charge is -1.82. The van der Waals surface area contributed by atoms with Gasteiger partial charge in [0.1, 0.15) is 0 Å². The van der Waals surface area contributed by atoms with Crippen LogP contribution in [0.3, 0.4) is 0 Å². The van der Waals surface area contributed by atoms with Crippen LogP contribution in [0, 0.1) is 6.92 Å². The highest BCUT2D eigenvalue weighted by Crippen LogP contribution is 1.92. The molecule has 0 amide bonds. The van der Waals surface area contributed by atoms with Crippen molar-refractivity contribution in [3.8, 4) is 0 Å². The largest absolute Gasteiger partial charge is 0.412 e. The summed E-state index contributed by atoms with van der Waals surface area (Å²) in [4.78, 5) is 6.99. The summed E-state index contributed by atoms with van der Waals surface area (Å²) in [6.45, 7) is 2.08. The van der Waals surface area contributed by atoms with Crippen LogP contribution in [-0.2, 0) is 4.57 Å². The van der Waals surface area contributed by atoms with E-state index in [1.54, 1.807) is 0 Å². The highest BCUT2D eigenvalue weighted by atomic mass is 31.1. The molecule has 0 atom stereocenters. The summed E-state index contributed by atoms with van der Waals surface area (Å²) in [5.41, 5.74) is 1.32. The Hall–Kier alpha value is -0.760. The van der Waals surface area contributed by atoms with Crippen LogP contribution in [0.5, 0.6) is 0 Å². The minimum Gasteiger partial charge on any atom is -0.412 e. The van der Waals surface area contributed by atoms with Crippen molar-refractivity contribution < 1.29 is 14.9 Å². The molecule has 0 heterocycles. The first-order valence-electron chi connectivity index (χ1n) is 2.79. The molecule has 1 aromatic carbocycles. The molecular weight excluding hydrogens is 163 g/mol. The molecule has 0 fully saturated rings. The highest BCUT2D eigenvalue weighted by Gasteiger charge is 1.72. The second kappa shape index (κ2) is 9.24. The molecule has 0 aliphatic heterocycles. The molecule has 62 valence electrons. The maximum absolute atomic E-state index is 8.46. The molecule has 1 rings (SSSR count). The second-order valence-corrected chi connectivity index (χ2v) is 1.90. The highest BCUT2D eigenvalue weighted by molar-refractivity contribution is 7.16. The van der Waals surface area contributed by atoms with Crippen LogP contribution in [0.15, 0.2) is 30.3 Å². The van der Waals surface area contributed by atoms with Gasteiger partial charge in [-0.05, 0) is 6.92 Å². The van der Waals surface area contributed by atoms with E-state index in [2.05, 4.69) is 19.1 Å². The van der Waals surface area contributed by atoms with Crippen molar-refractivity contribution in [2.45, 2.75) is 6.92 Å². The van der Waals surface area contributed by atoms with Crippen LogP contribution in [0.4, 0.5) is 0 Å². The van der Waals surface area contributed by atoms with Gasteiger partial charge >= 0.3 is 8.69 Å². The number of hydrogen-bond donors (Lipinski definition) is 1. The summed E-state index contributed by atoms with van der Waals surface area (Å²) in [6.07, 6.45) is 0. The van der Waals surface area contributed by atoms with Crippen molar-refractivity contribution in [1.29, 1.82) is 0 Å². The van der Waals surface area contributed by atoms with E-state index < -0.39 is 8.69 Å². The van der Waals surface area contributed by atoms with Gasteiger partial charge in [-0.3, -0.25) is 0 Å². The quantitative estimate of drug-likeness (QED) is 0.603. The molecule has 1 aromatic rings. The normalized spacial score (nSPS) is 7.45. The van der Waals surface area contributed by atoms with Crippen molar-refractivity contribution in [2.24, 2.45) is 0 Å². The Morgan fingerprint density at radius 2 is 1.64 bits per heavy atom. The van der Waals surface area contributed by atoms with E-state index in [-0.39, 0.29) is 5.48 Å². The van der Waals surface area contributed by atoms with Crippen LogP contribution < -0.4 is 0 Å². The predicted octanol–water partition coefficient (Wildman–Crippen LogP) is 1.36. The summed E-state index contributed by atoms with van der Waals surface area (Å²) in [7, 11) is -0.833. The van der Waals surface area contributed by atoms with Crippen molar-refractivity contribution >= 4 is 8.69 Å². The van der Waals surface area contributed by atoms with Crippen molar-refractivity contribution in [3.05, 3.63) is 35.9 Å². The maximum Gasteiger partial charge on any atom is 0.324 e. The van der Waals surface area contributed by atoms with E-state index in [1.165, 1.54) is 5.56 Å². The van der Waals surface area contributed by atoms with Gasteiger partial charge in [-0.2, -0.15) is 0 Å². The topological polar surface area (TPSA) is 68.8 Å². The molecule has 0 aliphatic rings. The zero-order valence-corrected chi connectivity index (χ0v) is 7.08. The van der Waals surface area contributed by atoms with E-state index in [0.717, 1.165) is 0 Å². The van der Waals surface area contributed by atoms with Crippen molar-refractivity contribution in [3.63, 3.8) is 0 Å². The first-order chi connectivity index (χ1) is 4.81. The van der Waals surface area contributed by atoms with E-state index >= 15 is 0 Å². The lowest BCUT2D eigenvalue weighted by atomic mass is 10.2. The third kappa shape index (κ3) is 9.24. The Morgan fingerprint density at radius 1 is 1.27 bits per heavy atom. The molecule has 0 unspecified atom stereocenters. The fourth-order valence-corrected chi connectivity index (χ4v) is 0.534. The lowest BCUT2D eigenvalue weighted by molar-refractivity contribution is 0.524. The molecule has 0 aliphatic carbocycles. The van der Waals surface area contributed by atoms with Gasteiger partial charge in [-0.15, -0.1) is 0 Å². The average Bonchev–Trinajstić information content (AvgIpc) is 1.91. The van der Waals surface area contributed by atoms with Crippen LogP contribution in [-0.4, -0.2) is 10.4 Å². The average molecular weight is 174 g/mol. The van der Waals surface area contributed by atoms with Gasteiger partial charge in [0.2, 0.25) is 0 Å². The zero-order chi connectivity index (χ0) is 7.82. The van der Waals surface area contributed by atoms with E-state index in [0.29, 0.717) is 0 Å². The van der Waals surface area contributed by atoms with Gasteiger partial charge in [0.15, 0.2) is 0 Å². The van der Waals surface area contributed by atoms with Crippen LogP contribution in [0.1, 0.15) is 5.56 Å². The summed E-state index contributed by atoms with van der Waals surface area (Å²) in [6, 6.07) is 10.3. The second-order valence-electron chi connectivity index (χ2n) is 1.74. The first kappa shape index (κ1) is 12.9. The molecule has 0 aromatic heterocycles. The number of rotatable bonds is 0. The van der Waals surface area contributed by atoms with E-state index in [4.69, 9.17) is 9.46 Å². The molecular formula is C7H11O3P. The van der Waals surface area contributed by atoms with Gasteiger partial charge in [-0.1, -0.05) is 35.9 Å². The predicted molar refractivity (Wildman–Crippen MR) is 44.6 cm³/mol. The molecule has 3 nitrogen and oxygen atoms in total. The standard InChI is InChI=1S/C7H8.HO2P.H2O/c1-7-5-3-2-4-6-7;1-3-2;/h2-6H,1H3;(H,1,2);1H2. The van der Waals surface area contributed by atoms with E-state index in [1.807, 2.05) is 18.2 Å². The molecule has 0 saturated heterocycles. The maximum atomic E-state index is 8.46. The molecule has 0 bridgehead atoms. The van der Waals surface area contributed by atoms with Crippen molar-refractivity contribution in [1.82, 2.24) is 0 Å². The summed E-state index contributed by atoms with van der Waals surface area (Å²) >= 11 is 0. The Labute approximate surface area is 67.3 Å². The molecule has 0 radical (unpaired) electrons. The Bertz CT molecular complexity index is 176. The van der Waals surface area contributed by atoms with Gasteiger partial charge < -0.3 is 10.4 Å². The minimum absolute atomic E-state index is 0. The Morgan fingerprint density at radius 3 is 1.82 bits per heavy atom. The molecule has 0 saturated carbocycles. The van der Waals surface area contributed by atoms with Gasteiger partial charge in [-0.25, -0.2) is 4.57 Å². The fraction of sp³-hybridized carbons (Fsp3) is 0.143. The summed E-state index contributed by atoms with van der Waals surface area (Å²) in [5.74, 6) is 0. The Balaban J connectivity index is 0. The van der Waals surface area contributed by atoms with Crippen molar-refractivity contribution in [2.75, 3.05) is 0 Å². The third-order valence-corrected chi connectivity index (χ3v) is 0.940. The third-order valence-electron chi connectivity index (χ3n) is 0.940. The van der Waals surface area contributed by atoms with Gasteiger partial charge in [0, 0.05) is 0 Å². The van der Waals surface area contributed by atoms with E-state index in [9.17, 15) is 0 Å². The van der Waals surface area contributed by atoms with Gasteiger partial charge in [0.25, 0.3) is 0 Å². The smallest absolute Gasteiger partial charge is 0.324 e. The SMILES string of the molecule is Cc1ccccc1.O.O=PO. The summed E-state index contributed by atoms with van der Waals surface area (Å²) < 4.78 is 8.46. The molecule has 0 spiro atoms. The monoisotopic (exact) mass is 174 g/mol. The van der Waals surface area contributed by atoms with Crippen LogP contribution in [0.25, 0.3) is 0 Å². The Kier molecular flexibility index (Phi) is 10.8. The zero-order valence-electron chi connectivity index (χ0n) is 6.19. The lowest BCUT2D eigenvalue weighted by Crippen LogP contribution is -1.62. The number of hydrogen-bond acceptors (Lipinski definition) is 1. The molecule has 11 heavy (non-hydrogen) atoms. The fourth-order valence-electron chi connectivity index (χ4n) is 0.534.